The molecule has 0 saturated carbocycles. The Morgan fingerprint density at radius 1 is 1.39 bits per heavy atom. The van der Waals surface area contributed by atoms with Crippen LogP contribution in [0.4, 0.5) is 4.39 Å². The zero-order chi connectivity index (χ0) is 13.8. The fraction of sp³-hybridized carbons (Fsp3) is 0.500. The molecule has 18 heavy (non-hydrogen) atoms. The number of rotatable bonds is 5. The van der Waals surface area contributed by atoms with Gasteiger partial charge in [0.1, 0.15) is 5.82 Å². The highest BCUT2D eigenvalue weighted by Crippen LogP contribution is 2.10. The van der Waals surface area contributed by atoms with Crippen LogP contribution in [0.15, 0.2) is 18.2 Å². The molecule has 1 aromatic rings. The van der Waals surface area contributed by atoms with Crippen molar-refractivity contribution >= 4 is 5.91 Å². The molecule has 0 saturated heterocycles. The SMILES string of the molecule is CNC(C)(C)C(=O)NCCc1ccc(F)cc1C. The number of carbonyl (C=O) groups is 1. The molecule has 0 heterocycles. The number of likely N-dealkylation sites (N-methyl/N-ethyl adjacent to an activating group) is 1. The van der Waals surface area contributed by atoms with Crippen LogP contribution in [0.5, 0.6) is 0 Å². The minimum absolute atomic E-state index is 0.0373. The van der Waals surface area contributed by atoms with Crippen LogP contribution in [0.2, 0.25) is 0 Å². The molecule has 0 bridgehead atoms. The summed E-state index contributed by atoms with van der Waals surface area (Å²) in [6.07, 6.45) is 0.706. The van der Waals surface area contributed by atoms with E-state index in [0.29, 0.717) is 13.0 Å². The fourth-order valence-electron chi connectivity index (χ4n) is 1.58. The van der Waals surface area contributed by atoms with Gasteiger partial charge in [-0.25, -0.2) is 4.39 Å². The van der Waals surface area contributed by atoms with Crippen molar-refractivity contribution in [1.29, 1.82) is 0 Å². The first-order chi connectivity index (χ1) is 8.36. The van der Waals surface area contributed by atoms with E-state index in [0.717, 1.165) is 11.1 Å². The van der Waals surface area contributed by atoms with Crippen molar-refractivity contribution in [2.75, 3.05) is 13.6 Å². The van der Waals surface area contributed by atoms with Crippen molar-refractivity contribution in [3.05, 3.63) is 35.1 Å². The second kappa shape index (κ2) is 5.96. The molecule has 0 atom stereocenters. The average Bonchev–Trinajstić information content (AvgIpc) is 2.31. The average molecular weight is 252 g/mol. The zero-order valence-corrected chi connectivity index (χ0v) is 11.4. The van der Waals surface area contributed by atoms with Crippen LogP contribution in [-0.2, 0) is 11.2 Å². The number of halogens is 1. The summed E-state index contributed by atoms with van der Waals surface area (Å²) in [5.74, 6) is -0.263. The quantitative estimate of drug-likeness (QED) is 0.839. The van der Waals surface area contributed by atoms with Crippen molar-refractivity contribution in [2.45, 2.75) is 32.7 Å². The minimum Gasteiger partial charge on any atom is -0.354 e. The van der Waals surface area contributed by atoms with Crippen LogP contribution < -0.4 is 10.6 Å². The lowest BCUT2D eigenvalue weighted by Crippen LogP contribution is -2.51. The van der Waals surface area contributed by atoms with Gasteiger partial charge in [-0.05, 0) is 57.5 Å². The Hall–Kier alpha value is -1.42. The van der Waals surface area contributed by atoms with Gasteiger partial charge in [0.15, 0.2) is 0 Å². The molecule has 1 aromatic carbocycles. The summed E-state index contributed by atoms with van der Waals surface area (Å²) in [5.41, 5.74) is 1.40. The summed E-state index contributed by atoms with van der Waals surface area (Å²) in [4.78, 5) is 11.8. The summed E-state index contributed by atoms with van der Waals surface area (Å²) in [5, 5.41) is 5.82. The van der Waals surface area contributed by atoms with E-state index in [9.17, 15) is 9.18 Å². The predicted molar refractivity (Wildman–Crippen MR) is 71.0 cm³/mol. The first-order valence-electron chi connectivity index (χ1n) is 6.09. The Balaban J connectivity index is 2.50. The van der Waals surface area contributed by atoms with Gasteiger partial charge in [-0.2, -0.15) is 0 Å². The van der Waals surface area contributed by atoms with E-state index in [1.54, 1.807) is 13.1 Å². The van der Waals surface area contributed by atoms with Gasteiger partial charge >= 0.3 is 0 Å². The van der Waals surface area contributed by atoms with Gasteiger partial charge in [-0.3, -0.25) is 4.79 Å². The molecule has 0 radical (unpaired) electrons. The molecule has 0 fully saturated rings. The molecule has 4 heteroatoms. The Morgan fingerprint density at radius 2 is 2.06 bits per heavy atom. The number of benzene rings is 1. The number of hydrogen-bond acceptors (Lipinski definition) is 2. The number of nitrogens with one attached hydrogen (secondary N) is 2. The van der Waals surface area contributed by atoms with Crippen LogP contribution >= 0.6 is 0 Å². The van der Waals surface area contributed by atoms with Crippen LogP contribution in [0.3, 0.4) is 0 Å². The van der Waals surface area contributed by atoms with E-state index in [1.807, 2.05) is 20.8 Å². The Bertz CT molecular complexity index is 430. The molecule has 1 rings (SSSR count). The third kappa shape index (κ3) is 3.81. The number of carbonyl (C=O) groups excluding carboxylic acids is 1. The van der Waals surface area contributed by atoms with E-state index < -0.39 is 5.54 Å². The maximum Gasteiger partial charge on any atom is 0.239 e. The van der Waals surface area contributed by atoms with E-state index in [-0.39, 0.29) is 11.7 Å². The molecule has 0 aliphatic carbocycles. The first-order valence-corrected chi connectivity index (χ1v) is 6.09. The second-order valence-electron chi connectivity index (χ2n) is 4.95. The van der Waals surface area contributed by atoms with Crippen molar-refractivity contribution < 1.29 is 9.18 Å². The molecule has 0 aliphatic heterocycles. The summed E-state index contributed by atoms with van der Waals surface area (Å²) in [6, 6.07) is 4.72. The summed E-state index contributed by atoms with van der Waals surface area (Å²) in [7, 11) is 1.75. The third-order valence-electron chi connectivity index (χ3n) is 3.18. The standard InChI is InChI=1S/C14H21FN2O/c1-10-9-12(15)6-5-11(10)7-8-17-13(18)14(2,3)16-4/h5-6,9,16H,7-8H2,1-4H3,(H,17,18). The molecule has 3 nitrogen and oxygen atoms in total. The van der Waals surface area contributed by atoms with E-state index in [4.69, 9.17) is 0 Å². The lowest BCUT2D eigenvalue weighted by Gasteiger charge is -2.22. The number of amides is 1. The molecule has 1 amide bonds. The van der Waals surface area contributed by atoms with Gasteiger partial charge in [-0.15, -0.1) is 0 Å². The predicted octanol–water partition coefficient (Wildman–Crippen LogP) is 1.79. The van der Waals surface area contributed by atoms with Crippen molar-refractivity contribution in [1.82, 2.24) is 10.6 Å². The van der Waals surface area contributed by atoms with E-state index in [2.05, 4.69) is 10.6 Å². The smallest absolute Gasteiger partial charge is 0.239 e. The van der Waals surface area contributed by atoms with Crippen LogP contribution in [0.25, 0.3) is 0 Å². The topological polar surface area (TPSA) is 41.1 Å². The van der Waals surface area contributed by atoms with Gasteiger partial charge in [0.2, 0.25) is 5.91 Å². The molecule has 0 spiro atoms. The Morgan fingerprint density at radius 3 is 2.61 bits per heavy atom. The van der Waals surface area contributed by atoms with Crippen LogP contribution in [-0.4, -0.2) is 25.0 Å². The maximum absolute atomic E-state index is 12.9. The van der Waals surface area contributed by atoms with Gasteiger partial charge < -0.3 is 10.6 Å². The van der Waals surface area contributed by atoms with Crippen molar-refractivity contribution in [3.63, 3.8) is 0 Å². The largest absolute Gasteiger partial charge is 0.354 e. The maximum atomic E-state index is 12.9. The van der Waals surface area contributed by atoms with Crippen molar-refractivity contribution in [2.24, 2.45) is 0 Å². The van der Waals surface area contributed by atoms with Crippen molar-refractivity contribution in [3.8, 4) is 0 Å². The van der Waals surface area contributed by atoms with Gasteiger partial charge in [0.05, 0.1) is 5.54 Å². The monoisotopic (exact) mass is 252 g/mol. The second-order valence-corrected chi connectivity index (χ2v) is 4.95. The molecule has 0 aromatic heterocycles. The fourth-order valence-corrected chi connectivity index (χ4v) is 1.58. The summed E-state index contributed by atoms with van der Waals surface area (Å²) >= 11 is 0. The Kier molecular flexibility index (Phi) is 4.84. The van der Waals surface area contributed by atoms with E-state index >= 15 is 0 Å². The normalized spacial score (nSPS) is 11.4. The highest BCUT2D eigenvalue weighted by atomic mass is 19.1. The molecule has 0 unspecified atom stereocenters. The number of hydrogen-bond donors (Lipinski definition) is 2. The van der Waals surface area contributed by atoms with E-state index in [1.165, 1.54) is 12.1 Å². The van der Waals surface area contributed by atoms with Crippen LogP contribution in [0, 0.1) is 12.7 Å². The van der Waals surface area contributed by atoms with Gasteiger partial charge in [0, 0.05) is 6.54 Å². The highest BCUT2D eigenvalue weighted by Gasteiger charge is 2.24. The van der Waals surface area contributed by atoms with Gasteiger partial charge in [0.25, 0.3) is 0 Å². The van der Waals surface area contributed by atoms with Gasteiger partial charge in [-0.1, -0.05) is 6.07 Å². The summed E-state index contributed by atoms with van der Waals surface area (Å²) < 4.78 is 12.9. The molecule has 0 aliphatic rings. The molecule has 100 valence electrons. The highest BCUT2D eigenvalue weighted by molar-refractivity contribution is 5.85. The third-order valence-corrected chi connectivity index (χ3v) is 3.18. The minimum atomic E-state index is -0.572. The Labute approximate surface area is 108 Å². The lowest BCUT2D eigenvalue weighted by molar-refractivity contribution is -0.126. The van der Waals surface area contributed by atoms with Crippen LogP contribution in [0.1, 0.15) is 25.0 Å². The molecular weight excluding hydrogens is 231 g/mol. The molecule has 2 N–H and O–H groups in total. The molecular formula is C14H21FN2O. The first kappa shape index (κ1) is 14.6. The number of aryl methyl sites for hydroxylation is 1. The summed E-state index contributed by atoms with van der Waals surface area (Å²) in [6.45, 7) is 6.07. The zero-order valence-electron chi connectivity index (χ0n) is 11.4. The lowest BCUT2D eigenvalue weighted by atomic mass is 10.0.